The van der Waals surface area contributed by atoms with E-state index in [9.17, 15) is 9.90 Å². The molecule has 9 nitrogen and oxygen atoms in total. The molecule has 3 heterocycles. The van der Waals surface area contributed by atoms with Gasteiger partial charge in [-0.15, -0.1) is 0 Å². The first-order chi connectivity index (χ1) is 14.6. The maximum absolute atomic E-state index is 12.6. The fourth-order valence-corrected chi connectivity index (χ4v) is 3.68. The SMILES string of the molecule is COc1nc(NC2CNC2)cc(C(=O)NC[C@H](O)CN2CCc3ccccc3C2)n1. The highest BCUT2D eigenvalue weighted by atomic mass is 16.5. The fraction of sp³-hybridized carbons (Fsp3) is 0.476. The van der Waals surface area contributed by atoms with Crippen LogP contribution in [-0.4, -0.2) is 77.9 Å². The van der Waals surface area contributed by atoms with Gasteiger partial charge in [0, 0.05) is 45.3 Å². The van der Waals surface area contributed by atoms with Crippen LogP contribution in [0.5, 0.6) is 6.01 Å². The van der Waals surface area contributed by atoms with Crippen LogP contribution in [0.1, 0.15) is 21.6 Å². The number of anilines is 1. The van der Waals surface area contributed by atoms with E-state index in [-0.39, 0.29) is 30.2 Å². The topological polar surface area (TPSA) is 112 Å². The second kappa shape index (κ2) is 9.38. The van der Waals surface area contributed by atoms with Crippen molar-refractivity contribution < 1.29 is 14.6 Å². The molecule has 1 atom stereocenters. The maximum Gasteiger partial charge on any atom is 0.318 e. The molecule has 9 heteroatoms. The highest BCUT2D eigenvalue weighted by Crippen LogP contribution is 2.18. The molecule has 1 aromatic carbocycles. The number of fused-ring (bicyclic) bond motifs is 1. The fourth-order valence-electron chi connectivity index (χ4n) is 3.68. The lowest BCUT2D eigenvalue weighted by Gasteiger charge is -2.30. The number of amides is 1. The smallest absolute Gasteiger partial charge is 0.318 e. The van der Waals surface area contributed by atoms with Crippen molar-refractivity contribution in [2.24, 2.45) is 0 Å². The van der Waals surface area contributed by atoms with E-state index in [0.717, 1.165) is 32.6 Å². The molecular weight excluding hydrogens is 384 g/mol. The average Bonchev–Trinajstić information content (AvgIpc) is 2.74. The van der Waals surface area contributed by atoms with Gasteiger partial charge in [0.25, 0.3) is 5.91 Å². The van der Waals surface area contributed by atoms with Gasteiger partial charge in [-0.05, 0) is 17.5 Å². The molecule has 30 heavy (non-hydrogen) atoms. The van der Waals surface area contributed by atoms with E-state index in [1.54, 1.807) is 6.07 Å². The summed E-state index contributed by atoms with van der Waals surface area (Å²) in [6, 6.07) is 10.4. The molecule has 1 amide bonds. The van der Waals surface area contributed by atoms with E-state index in [4.69, 9.17) is 4.74 Å². The molecule has 0 bridgehead atoms. The number of nitrogens with one attached hydrogen (secondary N) is 3. The number of aliphatic hydroxyl groups is 1. The van der Waals surface area contributed by atoms with Gasteiger partial charge in [-0.25, -0.2) is 0 Å². The minimum atomic E-state index is -0.665. The Hall–Kier alpha value is -2.75. The van der Waals surface area contributed by atoms with E-state index in [1.165, 1.54) is 18.2 Å². The van der Waals surface area contributed by atoms with Crippen LogP contribution in [-0.2, 0) is 13.0 Å². The molecule has 0 aliphatic carbocycles. The van der Waals surface area contributed by atoms with Crippen LogP contribution >= 0.6 is 0 Å². The Morgan fingerprint density at radius 2 is 2.13 bits per heavy atom. The van der Waals surface area contributed by atoms with Crippen molar-refractivity contribution in [3.63, 3.8) is 0 Å². The molecule has 2 aromatic rings. The van der Waals surface area contributed by atoms with E-state index < -0.39 is 6.10 Å². The number of methoxy groups -OCH3 is 1. The predicted octanol–water partition coefficient (Wildman–Crippen LogP) is 0.0179. The zero-order valence-corrected chi connectivity index (χ0v) is 17.1. The number of β-amino-alcohol motifs (C(OH)–C–C–N with tert-alkyl or cyclic N) is 1. The second-order valence-electron chi connectivity index (χ2n) is 7.74. The van der Waals surface area contributed by atoms with Gasteiger partial charge in [0.15, 0.2) is 0 Å². The van der Waals surface area contributed by atoms with Gasteiger partial charge >= 0.3 is 6.01 Å². The van der Waals surface area contributed by atoms with Gasteiger partial charge in [0.1, 0.15) is 11.5 Å². The number of rotatable bonds is 8. The van der Waals surface area contributed by atoms with E-state index >= 15 is 0 Å². The first kappa shape index (κ1) is 20.5. The van der Waals surface area contributed by atoms with Crippen LogP contribution in [0.2, 0.25) is 0 Å². The van der Waals surface area contributed by atoms with E-state index in [1.807, 2.05) is 6.07 Å². The molecule has 0 unspecified atom stereocenters. The molecule has 0 radical (unpaired) electrons. The summed E-state index contributed by atoms with van der Waals surface area (Å²) in [6.07, 6.45) is 0.309. The van der Waals surface area contributed by atoms with Gasteiger partial charge in [0.2, 0.25) is 0 Å². The quantitative estimate of drug-likeness (QED) is 0.480. The first-order valence-corrected chi connectivity index (χ1v) is 10.3. The minimum absolute atomic E-state index is 0.130. The normalized spacial score (nSPS) is 17.5. The summed E-state index contributed by atoms with van der Waals surface area (Å²) in [6.45, 7) is 4.06. The molecule has 2 aliphatic rings. The molecule has 4 rings (SSSR count). The molecule has 0 saturated carbocycles. The van der Waals surface area contributed by atoms with Crippen LogP contribution in [0.15, 0.2) is 30.3 Å². The minimum Gasteiger partial charge on any atom is -0.467 e. The summed E-state index contributed by atoms with van der Waals surface area (Å²) in [4.78, 5) is 23.2. The lowest BCUT2D eigenvalue weighted by atomic mass is 10.00. The largest absolute Gasteiger partial charge is 0.467 e. The zero-order chi connectivity index (χ0) is 20.9. The molecular formula is C21H28N6O3. The number of carbonyl (C=O) groups excluding carboxylic acids is 1. The lowest BCUT2D eigenvalue weighted by molar-refractivity contribution is 0.0837. The van der Waals surface area contributed by atoms with Crippen molar-refractivity contribution in [3.05, 3.63) is 47.2 Å². The van der Waals surface area contributed by atoms with Crippen molar-refractivity contribution in [1.29, 1.82) is 0 Å². The number of carbonyl (C=O) groups is 1. The summed E-state index contributed by atoms with van der Waals surface area (Å²) < 4.78 is 5.12. The van der Waals surface area contributed by atoms with Crippen LogP contribution in [0.4, 0.5) is 5.82 Å². The Morgan fingerprint density at radius 1 is 1.33 bits per heavy atom. The highest BCUT2D eigenvalue weighted by molar-refractivity contribution is 5.93. The first-order valence-electron chi connectivity index (χ1n) is 10.3. The number of aliphatic hydroxyl groups excluding tert-OH is 1. The van der Waals surface area contributed by atoms with Gasteiger partial charge in [-0.1, -0.05) is 24.3 Å². The van der Waals surface area contributed by atoms with E-state index in [0.29, 0.717) is 12.4 Å². The zero-order valence-electron chi connectivity index (χ0n) is 17.1. The summed E-state index contributed by atoms with van der Waals surface area (Å²) in [7, 11) is 1.46. The molecule has 1 fully saturated rings. The van der Waals surface area contributed by atoms with Gasteiger partial charge in [0.05, 0.1) is 19.3 Å². The monoisotopic (exact) mass is 412 g/mol. The van der Waals surface area contributed by atoms with Crippen LogP contribution < -0.4 is 20.7 Å². The summed E-state index contributed by atoms with van der Waals surface area (Å²) in [5.74, 6) is 0.180. The predicted molar refractivity (Wildman–Crippen MR) is 113 cm³/mol. The molecule has 160 valence electrons. The van der Waals surface area contributed by atoms with Crippen LogP contribution in [0.25, 0.3) is 0 Å². The van der Waals surface area contributed by atoms with Crippen LogP contribution in [0.3, 0.4) is 0 Å². The molecule has 0 spiro atoms. The lowest BCUT2D eigenvalue weighted by Crippen LogP contribution is -2.51. The Labute approximate surface area is 175 Å². The molecule has 2 aliphatic heterocycles. The Balaban J connectivity index is 1.30. The number of nitrogens with zero attached hydrogens (tertiary/aromatic N) is 3. The number of hydrogen-bond acceptors (Lipinski definition) is 8. The Kier molecular flexibility index (Phi) is 6.41. The number of hydrogen-bond donors (Lipinski definition) is 4. The molecule has 1 aromatic heterocycles. The third-order valence-corrected chi connectivity index (χ3v) is 5.43. The Bertz CT molecular complexity index is 889. The third kappa shape index (κ3) is 5.05. The van der Waals surface area contributed by atoms with Crippen molar-refractivity contribution in [2.75, 3.05) is 45.2 Å². The van der Waals surface area contributed by atoms with Gasteiger partial charge in [-0.2, -0.15) is 9.97 Å². The van der Waals surface area contributed by atoms with Gasteiger partial charge < -0.3 is 25.8 Å². The van der Waals surface area contributed by atoms with Gasteiger partial charge in [-0.3, -0.25) is 9.69 Å². The second-order valence-corrected chi connectivity index (χ2v) is 7.74. The summed E-state index contributed by atoms with van der Waals surface area (Å²) in [5.41, 5.74) is 2.88. The maximum atomic E-state index is 12.6. The molecule has 1 saturated heterocycles. The third-order valence-electron chi connectivity index (χ3n) is 5.43. The number of benzene rings is 1. The average molecular weight is 412 g/mol. The highest BCUT2D eigenvalue weighted by Gasteiger charge is 2.21. The number of ether oxygens (including phenoxy) is 1. The standard InChI is InChI=1S/C21H28N6O3/c1-30-21-25-18(8-19(26-21)24-16-9-22-10-16)20(29)23-11-17(28)13-27-7-6-14-4-2-3-5-15(14)12-27/h2-5,8,16-17,22,28H,6-7,9-13H2,1H3,(H,23,29)(H,24,25,26)/t17-/m0/s1. The van der Waals surface area contributed by atoms with Crippen molar-refractivity contribution in [3.8, 4) is 6.01 Å². The van der Waals surface area contributed by atoms with E-state index in [2.05, 4.69) is 49.0 Å². The Morgan fingerprint density at radius 3 is 2.87 bits per heavy atom. The van der Waals surface area contributed by atoms with Crippen LogP contribution in [0, 0.1) is 0 Å². The van der Waals surface area contributed by atoms with Crippen molar-refractivity contribution in [2.45, 2.75) is 25.1 Å². The van der Waals surface area contributed by atoms with Crippen molar-refractivity contribution >= 4 is 11.7 Å². The number of aromatic nitrogens is 2. The molecule has 4 N–H and O–H groups in total. The summed E-state index contributed by atoms with van der Waals surface area (Å²) >= 11 is 0. The summed E-state index contributed by atoms with van der Waals surface area (Å²) in [5, 5.41) is 19.6. The van der Waals surface area contributed by atoms with Crippen molar-refractivity contribution in [1.82, 2.24) is 25.5 Å².